The highest BCUT2D eigenvalue weighted by Crippen LogP contribution is 2.40. The Morgan fingerprint density at radius 3 is 1.29 bits per heavy atom. The first-order valence-electron chi connectivity index (χ1n) is 27.4. The fraction of sp³-hybridized carbons (Fsp3) is 0.302. The Hall–Kier alpha value is -8.52. The van der Waals surface area contributed by atoms with Crippen LogP contribution in [0.3, 0.4) is 0 Å². The molecule has 0 amide bonds. The van der Waals surface area contributed by atoms with Gasteiger partial charge in [-0.2, -0.15) is 0 Å². The Balaban J connectivity index is 1.01. The number of fused-ring (bicyclic) bond motifs is 6. The van der Waals surface area contributed by atoms with Gasteiger partial charge in [0, 0.05) is 21.5 Å². The summed E-state index contributed by atoms with van der Waals surface area (Å²) in [5.74, 6) is -1.12. The number of carbonyl (C=O) groups is 2. The molecule has 0 spiro atoms. The van der Waals surface area contributed by atoms with Crippen LogP contribution in [0.2, 0.25) is 0 Å². The number of aromatic nitrogens is 10. The van der Waals surface area contributed by atoms with Gasteiger partial charge in [0.25, 0.3) is 0 Å². The van der Waals surface area contributed by atoms with Crippen LogP contribution in [-0.2, 0) is 69.6 Å². The Kier molecular flexibility index (Phi) is 15.2. The van der Waals surface area contributed by atoms with Crippen LogP contribution in [0, 0.1) is 0 Å². The van der Waals surface area contributed by atoms with Crippen molar-refractivity contribution in [1.82, 2.24) is 27.4 Å². The van der Waals surface area contributed by atoms with Crippen LogP contribution in [0.15, 0.2) is 172 Å². The maximum atomic E-state index is 14.8. The molecular formula is C63H70N10O4+4. The first-order chi connectivity index (χ1) is 37.7. The van der Waals surface area contributed by atoms with Crippen molar-refractivity contribution in [3.63, 3.8) is 0 Å². The molecule has 0 bridgehead atoms. The zero-order valence-corrected chi connectivity index (χ0v) is 44.6. The van der Waals surface area contributed by atoms with Gasteiger partial charge in [-0.15, -0.1) is 0 Å². The normalized spacial score (nSPS) is 11.7. The molecule has 0 saturated heterocycles. The number of nitrogens with zero attached hydrogens (tertiary/aromatic N) is 9. The summed E-state index contributed by atoms with van der Waals surface area (Å²) in [6.07, 6.45) is 33.6. The van der Waals surface area contributed by atoms with E-state index in [1.54, 1.807) is 0 Å². The van der Waals surface area contributed by atoms with E-state index in [1.807, 2.05) is 85.3 Å². The highest BCUT2D eigenvalue weighted by molar-refractivity contribution is 6.13. The number of H-pyrrole nitrogens is 1. The number of unbranched alkanes of at least 4 members (excludes halogenated alkanes) is 4. The number of hydrogen-bond donors (Lipinski definition) is 0. The van der Waals surface area contributed by atoms with Crippen molar-refractivity contribution in [3.8, 4) is 11.4 Å². The molecule has 0 atom stereocenters. The van der Waals surface area contributed by atoms with Gasteiger partial charge >= 0.3 is 11.9 Å². The molecule has 6 heterocycles. The number of para-hydroxylation sites is 2. The van der Waals surface area contributed by atoms with E-state index in [9.17, 15) is 9.59 Å². The van der Waals surface area contributed by atoms with Gasteiger partial charge < -0.3 is 18.6 Å². The summed E-state index contributed by atoms with van der Waals surface area (Å²) in [7, 11) is 6.06. The fourth-order valence-corrected chi connectivity index (χ4v) is 11.0. The van der Waals surface area contributed by atoms with Crippen LogP contribution in [0.4, 0.5) is 0 Å². The minimum absolute atomic E-state index is 0.172. The second kappa shape index (κ2) is 23.2. The number of imidazole rings is 4. The molecule has 1 N–H and O–H groups in total. The molecule has 14 heteroatoms. The summed E-state index contributed by atoms with van der Waals surface area (Å²) < 4.78 is 31.6. The second-order valence-corrected chi connectivity index (χ2v) is 20.7. The van der Waals surface area contributed by atoms with Crippen LogP contribution >= 0.6 is 0 Å². The fourth-order valence-electron chi connectivity index (χ4n) is 11.0. The van der Waals surface area contributed by atoms with E-state index in [4.69, 9.17) is 9.47 Å². The van der Waals surface area contributed by atoms with Crippen molar-refractivity contribution >= 4 is 55.6 Å². The average molecular weight is 1030 g/mol. The lowest BCUT2D eigenvalue weighted by Gasteiger charge is -2.20. The van der Waals surface area contributed by atoms with E-state index in [-0.39, 0.29) is 24.3 Å². The Labute approximate surface area is 449 Å². The van der Waals surface area contributed by atoms with Gasteiger partial charge in [0.05, 0.1) is 105 Å². The van der Waals surface area contributed by atoms with E-state index in [1.165, 1.54) is 11.1 Å². The van der Waals surface area contributed by atoms with Crippen molar-refractivity contribution in [2.24, 2.45) is 21.1 Å². The van der Waals surface area contributed by atoms with E-state index in [2.05, 4.69) is 154 Å². The predicted molar refractivity (Wildman–Crippen MR) is 298 cm³/mol. The first kappa shape index (κ1) is 50.6. The molecule has 0 aliphatic heterocycles. The highest BCUT2D eigenvalue weighted by Gasteiger charge is 2.28. The molecule has 6 aromatic heterocycles. The van der Waals surface area contributed by atoms with E-state index >= 15 is 0 Å². The average Bonchev–Trinajstić information content (AvgIpc) is 4.38. The molecule has 0 saturated carbocycles. The number of carbonyl (C=O) groups excluding carboxylic acids is 2. The molecule has 77 heavy (non-hydrogen) atoms. The van der Waals surface area contributed by atoms with Gasteiger partial charge in [-0.05, 0) is 124 Å². The van der Waals surface area contributed by atoms with Crippen LogP contribution < -0.4 is 18.7 Å². The van der Waals surface area contributed by atoms with Crippen LogP contribution in [0.1, 0.15) is 83.2 Å². The molecule has 0 fully saturated rings. The summed E-state index contributed by atoms with van der Waals surface area (Å²) in [4.78, 5) is 32.8. The van der Waals surface area contributed by atoms with Crippen molar-refractivity contribution < 1.29 is 37.7 Å². The predicted octanol–water partition coefficient (Wildman–Crippen LogP) is 9.69. The lowest BCUT2D eigenvalue weighted by atomic mass is 10.0. The third-order valence-electron chi connectivity index (χ3n) is 14.9. The summed E-state index contributed by atoms with van der Waals surface area (Å²) in [6.45, 7) is 3.94. The number of hydrogen-bond acceptors (Lipinski definition) is 4. The van der Waals surface area contributed by atoms with Crippen LogP contribution in [-0.4, -0.2) is 52.6 Å². The van der Waals surface area contributed by atoms with Gasteiger partial charge in [0.15, 0.2) is 0 Å². The maximum absolute atomic E-state index is 14.8. The molecule has 0 aliphatic carbocycles. The molecule has 0 aliphatic rings. The SMILES string of the molecule is C[n+]1ccn(CCCCOC(=O)c2cc(-n3c4ccccc4c4cc(CCCCn5cc[nH+]c5)ccc43)c(-n3c4ccccc4c4cc(CCCCn5cc[n+](C)c5)ccc43)cc2C(=O)OCCCCn2cc[n+](C)c2)c1. The van der Waals surface area contributed by atoms with Crippen molar-refractivity contribution in [3.05, 3.63) is 194 Å². The molecule has 11 aromatic rings. The van der Waals surface area contributed by atoms with Crippen LogP contribution in [0.5, 0.6) is 0 Å². The lowest BCUT2D eigenvalue weighted by Crippen LogP contribution is -2.23. The van der Waals surface area contributed by atoms with Crippen molar-refractivity contribution in [2.45, 2.75) is 90.4 Å². The quantitative estimate of drug-likeness (QED) is 0.0341. The highest BCUT2D eigenvalue weighted by atomic mass is 16.5. The smallest absolute Gasteiger partial charge is 0.339 e. The minimum Gasteiger partial charge on any atom is -0.462 e. The Bertz CT molecular complexity index is 3830. The number of benzene rings is 5. The van der Waals surface area contributed by atoms with Gasteiger partial charge in [-0.3, -0.25) is 4.98 Å². The standard InChI is InChI=1S/C63H69N10O4/c1-65-32-35-69(45-65)28-11-9-17-49-23-25-59-53(41-49)51-19-5-7-21-57(51)73(59)61-43-55(63(75)77-39-15-13-30-71-37-34-67(3)47-71)54(62(74)76-38-14-12-29-70-36-33-66(2)46-70)42-60(61)72-56-20-6-4-18-50(56)52-40-48(22-24-58(52)72)16-8-10-27-68-31-26-64-44-68/h4-7,18-26,31-37,40-47H,8-17,27-30,38-39H2,1-3H3/q+3/p+1. The molecular weight excluding hydrogens is 961 g/mol. The molecule has 0 unspecified atom stereocenters. The van der Waals surface area contributed by atoms with Crippen molar-refractivity contribution in [1.29, 1.82) is 0 Å². The van der Waals surface area contributed by atoms with E-state index in [0.717, 1.165) is 133 Å². The van der Waals surface area contributed by atoms with Gasteiger partial charge in [0.1, 0.15) is 49.6 Å². The number of esters is 2. The maximum Gasteiger partial charge on any atom is 0.339 e. The summed E-state index contributed by atoms with van der Waals surface area (Å²) in [6, 6.07) is 34.4. The van der Waals surface area contributed by atoms with Crippen molar-refractivity contribution in [2.75, 3.05) is 13.2 Å². The molecule has 392 valence electrons. The molecule has 11 rings (SSSR count). The second-order valence-electron chi connectivity index (χ2n) is 20.7. The molecule has 0 radical (unpaired) electrons. The Morgan fingerprint density at radius 1 is 0.455 bits per heavy atom. The largest absolute Gasteiger partial charge is 0.462 e. The zero-order chi connectivity index (χ0) is 52.7. The number of aromatic amines is 1. The monoisotopic (exact) mass is 1030 g/mol. The third-order valence-corrected chi connectivity index (χ3v) is 14.9. The van der Waals surface area contributed by atoms with Gasteiger partial charge in [-0.1, -0.05) is 48.5 Å². The molecule has 5 aromatic carbocycles. The van der Waals surface area contributed by atoms with Gasteiger partial charge in [0.2, 0.25) is 25.3 Å². The van der Waals surface area contributed by atoms with Gasteiger partial charge in [-0.25, -0.2) is 41.6 Å². The number of aryl methyl sites for hydroxylation is 9. The minimum atomic E-state index is -0.559. The topological polar surface area (TPSA) is 108 Å². The number of rotatable bonds is 24. The van der Waals surface area contributed by atoms with E-state index in [0.29, 0.717) is 12.8 Å². The first-order valence-corrected chi connectivity index (χ1v) is 27.4. The summed E-state index contributed by atoms with van der Waals surface area (Å²) in [5, 5.41) is 4.46. The summed E-state index contributed by atoms with van der Waals surface area (Å²) in [5.41, 5.74) is 8.38. The summed E-state index contributed by atoms with van der Waals surface area (Å²) >= 11 is 0. The lowest BCUT2D eigenvalue weighted by molar-refractivity contribution is -0.671. The third kappa shape index (κ3) is 11.4. The zero-order valence-electron chi connectivity index (χ0n) is 44.6. The van der Waals surface area contributed by atoms with Crippen LogP contribution in [0.25, 0.3) is 55.0 Å². The molecule has 14 nitrogen and oxygen atoms in total. The number of nitrogens with one attached hydrogen (secondary N) is 1. The van der Waals surface area contributed by atoms with E-state index < -0.39 is 11.9 Å². The number of ether oxygens (including phenoxy) is 2. The Morgan fingerprint density at radius 2 is 0.870 bits per heavy atom.